The predicted octanol–water partition coefficient (Wildman–Crippen LogP) is -0.374. The average Bonchev–Trinajstić information content (AvgIpc) is 3.13. The lowest BCUT2D eigenvalue weighted by Gasteiger charge is -2.41. The predicted molar refractivity (Wildman–Crippen MR) is 78.8 cm³/mol. The molecule has 0 radical (unpaired) electrons. The molecule has 0 aromatic heterocycles. The van der Waals surface area contributed by atoms with Gasteiger partial charge in [0.2, 0.25) is 6.79 Å². The quantitative estimate of drug-likeness (QED) is 0.505. The molecular formula is C17H18NO5+. The van der Waals surface area contributed by atoms with Crippen molar-refractivity contribution in [2.24, 2.45) is 0 Å². The maximum Gasteiger partial charge on any atom is 0.338 e. The normalized spacial score (nSPS) is 36.7. The van der Waals surface area contributed by atoms with E-state index in [4.69, 9.17) is 14.2 Å². The molecule has 1 unspecified atom stereocenters. The summed E-state index contributed by atoms with van der Waals surface area (Å²) in [5, 5.41) is 10.5. The van der Waals surface area contributed by atoms with Gasteiger partial charge in [0.25, 0.3) is 0 Å². The zero-order valence-corrected chi connectivity index (χ0v) is 12.7. The van der Waals surface area contributed by atoms with E-state index in [-0.39, 0.29) is 18.8 Å². The standard InChI is InChI=1S/C17H17NO5/c1-18-3-2-8-4-11(19)16-14(15(8)18)9-5-12-13(22-7-21-12)6-10(9)17(20)23-16/h4-6,11,14-16,19H,2-3,7H2,1H3/p+1/t11-,14-,15+,16-/m0/s1. The molecule has 1 fully saturated rings. The zero-order chi connectivity index (χ0) is 15.7. The summed E-state index contributed by atoms with van der Waals surface area (Å²) >= 11 is 0. The van der Waals surface area contributed by atoms with Gasteiger partial charge in [0, 0.05) is 6.42 Å². The second-order valence-electron chi connectivity index (χ2n) is 6.74. The largest absolute Gasteiger partial charge is 0.455 e. The third-order valence-corrected chi connectivity index (χ3v) is 5.54. The van der Waals surface area contributed by atoms with E-state index in [1.165, 1.54) is 10.5 Å². The van der Waals surface area contributed by atoms with Gasteiger partial charge in [-0.25, -0.2) is 4.79 Å². The molecule has 6 nitrogen and oxygen atoms in total. The van der Waals surface area contributed by atoms with Crippen molar-refractivity contribution in [3.05, 3.63) is 34.9 Å². The van der Waals surface area contributed by atoms with Crippen molar-refractivity contribution in [3.63, 3.8) is 0 Å². The lowest BCUT2D eigenvalue weighted by molar-refractivity contribution is -0.891. The van der Waals surface area contributed by atoms with Gasteiger partial charge in [0.05, 0.1) is 25.1 Å². The van der Waals surface area contributed by atoms with Crippen LogP contribution in [0.15, 0.2) is 23.8 Å². The van der Waals surface area contributed by atoms with Gasteiger partial charge in [-0.2, -0.15) is 0 Å². The Bertz CT molecular complexity index is 743. The topological polar surface area (TPSA) is 69.4 Å². The number of carbonyl (C=O) groups is 1. The van der Waals surface area contributed by atoms with E-state index in [0.717, 1.165) is 18.5 Å². The molecule has 2 N–H and O–H groups in total. The summed E-state index contributed by atoms with van der Waals surface area (Å²) < 4.78 is 16.5. The van der Waals surface area contributed by atoms with E-state index < -0.39 is 18.2 Å². The summed E-state index contributed by atoms with van der Waals surface area (Å²) in [6.07, 6.45) is 1.58. The Balaban J connectivity index is 1.70. The molecule has 5 atom stereocenters. The van der Waals surface area contributed by atoms with Crippen LogP contribution in [0.3, 0.4) is 0 Å². The number of esters is 1. The Morgan fingerprint density at radius 1 is 1.26 bits per heavy atom. The van der Waals surface area contributed by atoms with E-state index >= 15 is 0 Å². The highest BCUT2D eigenvalue weighted by Crippen LogP contribution is 2.46. The lowest BCUT2D eigenvalue weighted by atomic mass is 9.74. The van der Waals surface area contributed by atoms with Crippen molar-refractivity contribution in [2.75, 3.05) is 20.4 Å². The fourth-order valence-electron chi connectivity index (χ4n) is 4.51. The van der Waals surface area contributed by atoms with E-state index in [9.17, 15) is 9.90 Å². The molecule has 0 saturated carbocycles. The van der Waals surface area contributed by atoms with Crippen molar-refractivity contribution in [2.45, 2.75) is 30.6 Å². The van der Waals surface area contributed by atoms with Gasteiger partial charge >= 0.3 is 5.97 Å². The molecule has 6 heteroatoms. The molecular weight excluding hydrogens is 298 g/mol. The van der Waals surface area contributed by atoms with Crippen molar-refractivity contribution in [1.29, 1.82) is 0 Å². The molecule has 5 rings (SSSR count). The summed E-state index contributed by atoms with van der Waals surface area (Å²) in [5.74, 6) is 0.803. The summed E-state index contributed by atoms with van der Waals surface area (Å²) in [5.41, 5.74) is 2.70. The SMILES string of the molecule is C[NH+]1CCC2=C[C@H](O)[C@@H]3OC(=O)c4cc5c(cc4[C@H]3[C@@H]21)OCO5. The van der Waals surface area contributed by atoms with E-state index in [1.807, 2.05) is 12.1 Å². The maximum absolute atomic E-state index is 12.4. The summed E-state index contributed by atoms with van der Waals surface area (Å²) in [7, 11) is 2.16. The van der Waals surface area contributed by atoms with Gasteiger partial charge in [-0.3, -0.25) is 0 Å². The summed E-state index contributed by atoms with van der Waals surface area (Å²) in [4.78, 5) is 13.8. The van der Waals surface area contributed by atoms with Crippen LogP contribution < -0.4 is 14.4 Å². The highest BCUT2D eigenvalue weighted by atomic mass is 16.7. The fourth-order valence-corrected chi connectivity index (χ4v) is 4.51. The molecule has 0 amide bonds. The first kappa shape index (κ1) is 13.4. The van der Waals surface area contributed by atoms with E-state index in [2.05, 4.69) is 7.05 Å². The first-order chi connectivity index (χ1) is 11.1. The molecule has 1 aliphatic carbocycles. The molecule has 4 aliphatic rings. The number of quaternary nitrogens is 1. The number of nitrogens with one attached hydrogen (secondary N) is 1. The molecule has 1 aromatic carbocycles. The first-order valence-electron chi connectivity index (χ1n) is 7.99. The third-order valence-electron chi connectivity index (χ3n) is 5.54. The van der Waals surface area contributed by atoms with Crippen LogP contribution in [-0.2, 0) is 4.74 Å². The average molecular weight is 316 g/mol. The van der Waals surface area contributed by atoms with Crippen molar-refractivity contribution >= 4 is 5.97 Å². The lowest BCUT2D eigenvalue weighted by Crippen LogP contribution is -3.11. The van der Waals surface area contributed by atoms with Crippen molar-refractivity contribution in [3.8, 4) is 11.5 Å². The number of carbonyl (C=O) groups excluding carboxylic acids is 1. The van der Waals surface area contributed by atoms with Gasteiger partial charge in [-0.1, -0.05) is 0 Å². The van der Waals surface area contributed by atoms with Crippen LogP contribution in [-0.4, -0.2) is 49.7 Å². The van der Waals surface area contributed by atoms with Crippen molar-refractivity contribution < 1.29 is 29.0 Å². The highest BCUT2D eigenvalue weighted by Gasteiger charge is 2.53. The fraction of sp³-hybridized carbons (Fsp3) is 0.471. The second kappa shape index (κ2) is 4.49. The van der Waals surface area contributed by atoms with Crippen LogP contribution in [0.4, 0.5) is 0 Å². The van der Waals surface area contributed by atoms with Crippen LogP contribution >= 0.6 is 0 Å². The molecule has 120 valence electrons. The molecule has 1 saturated heterocycles. The Morgan fingerprint density at radius 3 is 2.87 bits per heavy atom. The van der Waals surface area contributed by atoms with Crippen LogP contribution in [0.1, 0.15) is 28.3 Å². The number of aliphatic hydroxyl groups excluding tert-OH is 1. The Hall–Kier alpha value is -2.05. The number of likely N-dealkylation sites (tertiary alicyclic amines) is 1. The Morgan fingerprint density at radius 2 is 2.04 bits per heavy atom. The maximum atomic E-state index is 12.4. The van der Waals surface area contributed by atoms with Gasteiger partial charge in [-0.05, 0) is 29.3 Å². The molecule has 3 aliphatic heterocycles. The van der Waals surface area contributed by atoms with Crippen molar-refractivity contribution in [1.82, 2.24) is 0 Å². The molecule has 1 aromatic rings. The molecule has 0 spiro atoms. The number of ether oxygens (including phenoxy) is 3. The number of aliphatic hydroxyl groups is 1. The number of hydrogen-bond acceptors (Lipinski definition) is 5. The van der Waals surface area contributed by atoms with Crippen LogP contribution in [0, 0.1) is 0 Å². The zero-order valence-electron chi connectivity index (χ0n) is 12.7. The number of benzene rings is 1. The van der Waals surface area contributed by atoms with Gasteiger partial charge in [0.15, 0.2) is 11.5 Å². The third kappa shape index (κ3) is 1.73. The second-order valence-corrected chi connectivity index (χ2v) is 6.74. The van der Waals surface area contributed by atoms with Crippen LogP contribution in [0.5, 0.6) is 11.5 Å². The van der Waals surface area contributed by atoms with Gasteiger partial charge in [-0.15, -0.1) is 0 Å². The first-order valence-corrected chi connectivity index (χ1v) is 7.99. The monoisotopic (exact) mass is 316 g/mol. The Labute approximate surface area is 133 Å². The number of rotatable bonds is 0. The number of likely N-dealkylation sites (N-methyl/N-ethyl adjacent to an activating group) is 1. The molecule has 0 bridgehead atoms. The molecule has 3 heterocycles. The van der Waals surface area contributed by atoms with E-state index in [1.54, 1.807) is 6.07 Å². The van der Waals surface area contributed by atoms with Gasteiger partial charge < -0.3 is 24.2 Å². The number of hydrogen-bond donors (Lipinski definition) is 2. The van der Waals surface area contributed by atoms with Gasteiger partial charge in [0.1, 0.15) is 18.2 Å². The summed E-state index contributed by atoms with van der Waals surface area (Å²) in [6.45, 7) is 1.20. The molecule has 23 heavy (non-hydrogen) atoms. The minimum Gasteiger partial charge on any atom is -0.455 e. The number of fused-ring (bicyclic) bond motifs is 6. The smallest absolute Gasteiger partial charge is 0.338 e. The van der Waals surface area contributed by atoms with Crippen LogP contribution in [0.25, 0.3) is 0 Å². The summed E-state index contributed by atoms with van der Waals surface area (Å²) in [6, 6.07) is 3.85. The Kier molecular flexibility index (Phi) is 2.61. The van der Waals surface area contributed by atoms with Crippen LogP contribution in [0.2, 0.25) is 0 Å². The minimum absolute atomic E-state index is 0.0466. The highest BCUT2D eigenvalue weighted by molar-refractivity contribution is 5.94. The minimum atomic E-state index is -0.750. The van der Waals surface area contributed by atoms with E-state index in [0.29, 0.717) is 17.1 Å².